The Labute approximate surface area is 429 Å². The molecule has 4 fully saturated rings. The third-order valence-corrected chi connectivity index (χ3v) is 28.4. The van der Waals surface area contributed by atoms with E-state index in [1.54, 1.807) is 12.1 Å². The van der Waals surface area contributed by atoms with Crippen LogP contribution in [0.3, 0.4) is 0 Å². The largest absolute Gasteiger partial charge is 0.472 e. The SMILES string of the molecule is C=C1CN2CCC(CO[Si](C)(C)C(C)(C)C)C2(COc2nc3c4c(nc(-c5cccc6ccc(F)c(C#C[Si](C(C)C)(C(C)C)C(C)C)c56)c(F)c4n2)O[C@@H](C)[C@@H]2[C@@H]4CC[C@H](CN32)N4C(=O)OC(C)(C)C)C1. The Morgan fingerprint density at radius 1 is 0.958 bits per heavy atom. The summed E-state index contributed by atoms with van der Waals surface area (Å²) in [5, 5.41) is 1.56. The third-order valence-electron chi connectivity index (χ3n) is 17.6. The van der Waals surface area contributed by atoms with Gasteiger partial charge in [0.1, 0.15) is 54.6 Å². The van der Waals surface area contributed by atoms with Crippen LogP contribution in [0, 0.1) is 29.0 Å². The molecular weight excluding hydrogens is 943 g/mol. The number of amides is 1. The third kappa shape index (κ3) is 8.81. The molecule has 2 aromatic heterocycles. The normalized spacial score (nSPS) is 24.5. The Morgan fingerprint density at radius 3 is 2.33 bits per heavy atom. The molecule has 0 N–H and O–H groups in total. The number of hydrogen-bond acceptors (Lipinski definition) is 10. The molecule has 7 heterocycles. The van der Waals surface area contributed by atoms with E-state index in [0.29, 0.717) is 57.3 Å². The number of pyridine rings is 1. The van der Waals surface area contributed by atoms with Crippen LogP contribution in [0.4, 0.5) is 19.4 Å². The van der Waals surface area contributed by atoms with Crippen molar-refractivity contribution in [2.75, 3.05) is 37.7 Å². The first-order chi connectivity index (χ1) is 33.7. The lowest BCUT2D eigenvalue weighted by atomic mass is 9.83. The van der Waals surface area contributed by atoms with Gasteiger partial charge in [-0.1, -0.05) is 105 Å². The number of hydrogen-bond donors (Lipinski definition) is 0. The van der Waals surface area contributed by atoms with E-state index in [-0.39, 0.29) is 64.4 Å². The minimum atomic E-state index is -2.32. The molecule has 4 saturated heterocycles. The quantitative estimate of drug-likeness (QED) is 0.0867. The molecule has 15 heteroatoms. The number of aromatic nitrogens is 3. The zero-order chi connectivity index (χ0) is 52.2. The summed E-state index contributed by atoms with van der Waals surface area (Å²) in [6, 6.07) is 7.84. The van der Waals surface area contributed by atoms with Crippen molar-refractivity contribution in [1.82, 2.24) is 24.8 Å². The second kappa shape index (κ2) is 18.6. The first-order valence-electron chi connectivity index (χ1n) is 26.5. The lowest BCUT2D eigenvalue weighted by molar-refractivity contribution is 0.000927. The monoisotopic (exact) mass is 1020 g/mol. The van der Waals surface area contributed by atoms with Gasteiger partial charge in [-0.05, 0) is 106 Å². The molecule has 9 rings (SSSR count). The summed E-state index contributed by atoms with van der Waals surface area (Å²) < 4.78 is 61.6. The molecule has 0 radical (unpaired) electrons. The molecule has 2 aromatic carbocycles. The number of anilines is 1. The number of rotatable bonds is 10. The standard InChI is InChI=1S/C57H78F2N6O5Si2/c1-33(2)72(34(3)4,35(5)6)27-25-41-43(58)22-20-38-18-17-19-42(45(38)41)48-47(59)49-46-51(64-30-40-21-23-44(50(64)37(8)69-52(46)60-48)65(40)54(66)70-55(9,10)11)62-53(61-49)67-32-57-28-36(7)29-63(57)26-24-39(57)31-68-71(15,16)56(12,13)14/h17-20,22,33-35,37,39-40,44,50H,7,21,23-24,26,28-32H2,1-6,8-16H3/t37-,39?,40+,44-,50+,57?/m0/s1. The Morgan fingerprint density at radius 2 is 1.67 bits per heavy atom. The van der Waals surface area contributed by atoms with Gasteiger partial charge in [-0.25, -0.2) is 18.6 Å². The van der Waals surface area contributed by atoms with Gasteiger partial charge in [-0.2, -0.15) is 9.97 Å². The Balaban J connectivity index is 1.21. The zero-order valence-electron chi connectivity index (χ0n) is 45.6. The fourth-order valence-electron chi connectivity index (χ4n) is 13.1. The van der Waals surface area contributed by atoms with E-state index in [2.05, 4.69) is 103 Å². The Hall–Kier alpha value is -4.63. The second-order valence-corrected chi connectivity index (χ2v) is 35.4. The molecule has 5 aliphatic rings. The average Bonchev–Trinajstić information content (AvgIpc) is 3.87. The lowest BCUT2D eigenvalue weighted by Crippen LogP contribution is -2.65. The van der Waals surface area contributed by atoms with E-state index >= 15 is 8.78 Å². The topological polar surface area (TPSA) is 102 Å². The fraction of sp³-hybridized carbons (Fsp3) is 0.614. The highest BCUT2D eigenvalue weighted by molar-refractivity contribution is 6.90. The molecule has 4 aromatic rings. The number of ether oxygens (including phenoxy) is 3. The maximum atomic E-state index is 18.3. The molecule has 11 nitrogen and oxygen atoms in total. The number of carbonyl (C=O) groups excluding carboxylic acids is 1. The lowest BCUT2D eigenvalue weighted by Gasteiger charge is -2.48. The molecule has 0 spiro atoms. The Bertz CT molecular complexity index is 2850. The van der Waals surface area contributed by atoms with Crippen LogP contribution < -0.4 is 14.4 Å². The van der Waals surface area contributed by atoms with Crippen molar-refractivity contribution in [1.29, 1.82) is 0 Å². The van der Waals surface area contributed by atoms with Crippen LogP contribution in [0.25, 0.3) is 32.9 Å². The van der Waals surface area contributed by atoms with Gasteiger partial charge in [-0.3, -0.25) is 9.80 Å². The zero-order valence-corrected chi connectivity index (χ0v) is 47.6. The fourth-order valence-corrected chi connectivity index (χ4v) is 19.3. The highest BCUT2D eigenvalue weighted by atomic mass is 28.4. The summed E-state index contributed by atoms with van der Waals surface area (Å²) in [4.78, 5) is 35.8. The van der Waals surface area contributed by atoms with E-state index < -0.39 is 51.3 Å². The van der Waals surface area contributed by atoms with Crippen LogP contribution in [-0.2, 0) is 9.16 Å². The van der Waals surface area contributed by atoms with E-state index in [4.69, 9.17) is 33.6 Å². The van der Waals surface area contributed by atoms with Crippen LogP contribution >= 0.6 is 0 Å². The predicted molar refractivity (Wildman–Crippen MR) is 289 cm³/mol. The second-order valence-electron chi connectivity index (χ2n) is 25.1. The van der Waals surface area contributed by atoms with Crippen molar-refractivity contribution in [3.05, 3.63) is 59.7 Å². The van der Waals surface area contributed by atoms with Crippen molar-refractivity contribution >= 4 is 50.0 Å². The number of nitrogens with zero attached hydrogens (tertiary/aromatic N) is 6. The first-order valence-corrected chi connectivity index (χ1v) is 31.6. The number of halogens is 2. The van der Waals surface area contributed by atoms with Crippen molar-refractivity contribution in [3.63, 3.8) is 0 Å². The highest BCUT2D eigenvalue weighted by Crippen LogP contribution is 2.50. The maximum absolute atomic E-state index is 18.3. The van der Waals surface area contributed by atoms with Gasteiger partial charge in [0.2, 0.25) is 5.88 Å². The molecule has 2 unspecified atom stereocenters. The summed E-state index contributed by atoms with van der Waals surface area (Å²) in [5.41, 5.74) is 5.28. The smallest absolute Gasteiger partial charge is 0.410 e. The van der Waals surface area contributed by atoms with E-state index in [1.165, 1.54) is 6.07 Å². The van der Waals surface area contributed by atoms with Crippen molar-refractivity contribution in [2.45, 2.75) is 186 Å². The molecule has 6 atom stereocenters. The molecule has 388 valence electrons. The predicted octanol–water partition coefficient (Wildman–Crippen LogP) is 12.9. The minimum Gasteiger partial charge on any atom is -0.472 e. The molecule has 1 amide bonds. The van der Waals surface area contributed by atoms with Gasteiger partial charge in [0.25, 0.3) is 0 Å². The van der Waals surface area contributed by atoms with Crippen LogP contribution in [0.5, 0.6) is 11.9 Å². The number of carbonyl (C=O) groups is 1. The van der Waals surface area contributed by atoms with Gasteiger partial charge in [0.15, 0.2) is 14.1 Å². The van der Waals surface area contributed by atoms with Crippen LogP contribution in [-0.4, -0.2) is 115 Å². The summed E-state index contributed by atoms with van der Waals surface area (Å²) in [6.45, 7) is 39.7. The average molecular weight is 1020 g/mol. The van der Waals surface area contributed by atoms with Crippen LogP contribution in [0.15, 0.2) is 42.5 Å². The summed E-state index contributed by atoms with van der Waals surface area (Å²) in [7, 11) is -4.39. The molecule has 2 bridgehead atoms. The van der Waals surface area contributed by atoms with Crippen molar-refractivity contribution < 1.29 is 32.2 Å². The molecule has 72 heavy (non-hydrogen) atoms. The van der Waals surface area contributed by atoms with Gasteiger partial charge in [0.05, 0.1) is 29.2 Å². The highest BCUT2D eigenvalue weighted by Gasteiger charge is 2.56. The van der Waals surface area contributed by atoms with E-state index in [1.807, 2.05) is 44.7 Å². The van der Waals surface area contributed by atoms with Crippen molar-refractivity contribution in [3.8, 4) is 34.6 Å². The van der Waals surface area contributed by atoms with Gasteiger partial charge in [0, 0.05) is 36.6 Å². The van der Waals surface area contributed by atoms with Crippen LogP contribution in [0.2, 0.25) is 34.8 Å². The van der Waals surface area contributed by atoms with E-state index in [9.17, 15) is 4.79 Å². The van der Waals surface area contributed by atoms with Gasteiger partial charge < -0.3 is 23.5 Å². The molecule has 0 saturated carbocycles. The first kappa shape index (κ1) is 52.2. The van der Waals surface area contributed by atoms with Crippen molar-refractivity contribution in [2.24, 2.45) is 5.92 Å². The summed E-state index contributed by atoms with van der Waals surface area (Å²) in [5.74, 6) is 2.99. The number of piperazine rings is 1. The molecule has 5 aliphatic heterocycles. The Kier molecular flexibility index (Phi) is 13.5. The van der Waals surface area contributed by atoms with E-state index in [0.717, 1.165) is 44.3 Å². The molecular formula is C57H78F2N6O5Si2. The van der Waals surface area contributed by atoms with Gasteiger partial charge >= 0.3 is 12.1 Å². The minimum absolute atomic E-state index is 0.00826. The summed E-state index contributed by atoms with van der Waals surface area (Å²) in [6.07, 6.45) is 2.27. The number of fused-ring (bicyclic) bond motifs is 7. The van der Waals surface area contributed by atoms with Gasteiger partial charge in [-0.15, -0.1) is 5.54 Å². The summed E-state index contributed by atoms with van der Waals surface area (Å²) >= 11 is 0. The number of benzene rings is 2. The maximum Gasteiger partial charge on any atom is 0.410 e. The molecule has 0 aliphatic carbocycles. The van der Waals surface area contributed by atoms with Crippen LogP contribution in [0.1, 0.15) is 121 Å².